The van der Waals surface area contributed by atoms with Crippen molar-refractivity contribution in [2.75, 3.05) is 13.2 Å². The van der Waals surface area contributed by atoms with Gasteiger partial charge in [0.2, 0.25) is 0 Å². The number of hydrogen-bond acceptors (Lipinski definition) is 5. The lowest BCUT2D eigenvalue weighted by Crippen LogP contribution is -2.07. The number of carboxylic acid groups (broad SMARTS) is 1. The number of aliphatic carboxylic acids is 1. The first-order valence-electron chi connectivity index (χ1n) is 8.31. The van der Waals surface area contributed by atoms with Crippen LogP contribution in [0.1, 0.15) is 77.0 Å². The van der Waals surface area contributed by atoms with Crippen LogP contribution in [0.25, 0.3) is 0 Å². The number of aliphatic hydroxyl groups excluding tert-OH is 1. The highest BCUT2D eigenvalue weighted by molar-refractivity contribution is 5.68. The summed E-state index contributed by atoms with van der Waals surface area (Å²) in [6.07, 6.45) is 11.2. The number of unbranched alkanes of at least 4 members (excludes halogenated alkanes) is 9. The zero-order valence-corrected chi connectivity index (χ0v) is 13.4. The molecule has 0 saturated heterocycles. The third-order valence-corrected chi connectivity index (χ3v) is 3.35. The van der Waals surface area contributed by atoms with E-state index in [1.807, 2.05) is 0 Å². The molecule has 22 heavy (non-hydrogen) atoms. The quantitative estimate of drug-likeness (QED) is 0.258. The number of hydrogen-bond donors (Lipinski definition) is 2. The van der Waals surface area contributed by atoms with Crippen LogP contribution >= 0.6 is 0 Å². The van der Waals surface area contributed by atoms with Crippen LogP contribution in [-0.4, -0.2) is 35.4 Å². The van der Waals surface area contributed by atoms with Gasteiger partial charge < -0.3 is 10.2 Å². The van der Waals surface area contributed by atoms with Crippen LogP contribution in [0.4, 0.5) is 0 Å². The van der Waals surface area contributed by atoms with Crippen molar-refractivity contribution in [3.05, 3.63) is 0 Å². The summed E-state index contributed by atoms with van der Waals surface area (Å²) in [6, 6.07) is 0. The zero-order valence-electron chi connectivity index (χ0n) is 13.4. The Balaban J connectivity index is 3.11. The number of carboxylic acids is 1. The largest absolute Gasteiger partial charge is 0.481 e. The van der Waals surface area contributed by atoms with Crippen LogP contribution in [0.15, 0.2) is 0 Å². The van der Waals surface area contributed by atoms with Crippen LogP contribution in [0, 0.1) is 0 Å². The first kappa shape index (κ1) is 20.9. The first-order chi connectivity index (χ1) is 10.7. The SMILES string of the molecule is O=C(O)CCCCCCCCCCCCC(=O)OOCCO. The van der Waals surface area contributed by atoms with E-state index in [1.165, 1.54) is 25.7 Å². The first-order valence-corrected chi connectivity index (χ1v) is 8.31. The van der Waals surface area contributed by atoms with Crippen molar-refractivity contribution >= 4 is 11.9 Å². The van der Waals surface area contributed by atoms with Gasteiger partial charge in [0.15, 0.2) is 0 Å². The molecule has 6 heteroatoms. The fourth-order valence-electron chi connectivity index (χ4n) is 2.15. The van der Waals surface area contributed by atoms with Crippen molar-refractivity contribution in [3.63, 3.8) is 0 Å². The van der Waals surface area contributed by atoms with Crippen LogP contribution in [0.2, 0.25) is 0 Å². The predicted molar refractivity (Wildman–Crippen MR) is 82.2 cm³/mol. The van der Waals surface area contributed by atoms with Gasteiger partial charge in [-0.05, 0) is 12.8 Å². The van der Waals surface area contributed by atoms with E-state index in [9.17, 15) is 9.59 Å². The average molecular weight is 318 g/mol. The minimum absolute atomic E-state index is 0.0159. The summed E-state index contributed by atoms with van der Waals surface area (Å²) >= 11 is 0. The summed E-state index contributed by atoms with van der Waals surface area (Å²) in [6.45, 7) is -0.144. The van der Waals surface area contributed by atoms with Crippen LogP contribution in [0.5, 0.6) is 0 Å². The highest BCUT2D eigenvalue weighted by Gasteiger charge is 2.03. The Morgan fingerprint density at radius 2 is 1.18 bits per heavy atom. The van der Waals surface area contributed by atoms with Crippen molar-refractivity contribution in [1.29, 1.82) is 0 Å². The molecule has 0 spiro atoms. The molecule has 0 saturated carbocycles. The normalized spacial score (nSPS) is 10.6. The topological polar surface area (TPSA) is 93.1 Å². The van der Waals surface area contributed by atoms with Gasteiger partial charge in [0, 0.05) is 12.8 Å². The van der Waals surface area contributed by atoms with E-state index in [-0.39, 0.29) is 25.6 Å². The van der Waals surface area contributed by atoms with E-state index in [1.54, 1.807) is 0 Å². The fourth-order valence-corrected chi connectivity index (χ4v) is 2.15. The fraction of sp³-hybridized carbons (Fsp3) is 0.875. The second kappa shape index (κ2) is 16.2. The van der Waals surface area contributed by atoms with Gasteiger partial charge in [-0.15, -0.1) is 0 Å². The molecule has 0 aromatic carbocycles. The molecule has 0 amide bonds. The summed E-state index contributed by atoms with van der Waals surface area (Å²) in [7, 11) is 0. The molecule has 0 bridgehead atoms. The molecule has 0 aromatic heterocycles. The van der Waals surface area contributed by atoms with Gasteiger partial charge in [-0.2, -0.15) is 4.89 Å². The molecular formula is C16H30O6. The minimum Gasteiger partial charge on any atom is -0.481 e. The van der Waals surface area contributed by atoms with Gasteiger partial charge in [-0.1, -0.05) is 51.4 Å². The van der Waals surface area contributed by atoms with E-state index in [2.05, 4.69) is 9.78 Å². The monoisotopic (exact) mass is 318 g/mol. The van der Waals surface area contributed by atoms with Gasteiger partial charge in [-0.25, -0.2) is 4.79 Å². The second-order valence-corrected chi connectivity index (χ2v) is 5.43. The Bertz CT molecular complexity index is 280. The van der Waals surface area contributed by atoms with Crippen LogP contribution in [-0.2, 0) is 19.4 Å². The van der Waals surface area contributed by atoms with E-state index in [4.69, 9.17) is 10.2 Å². The molecule has 0 heterocycles. The zero-order chi connectivity index (χ0) is 16.5. The van der Waals surface area contributed by atoms with Crippen molar-refractivity contribution < 1.29 is 29.6 Å². The van der Waals surface area contributed by atoms with E-state index in [0.29, 0.717) is 6.42 Å². The minimum atomic E-state index is -0.705. The molecular weight excluding hydrogens is 288 g/mol. The number of carbonyl (C=O) groups is 2. The molecule has 2 N–H and O–H groups in total. The van der Waals surface area contributed by atoms with Crippen LogP contribution in [0.3, 0.4) is 0 Å². The smallest absolute Gasteiger partial charge is 0.342 e. The lowest BCUT2D eigenvalue weighted by atomic mass is 10.1. The lowest BCUT2D eigenvalue weighted by Gasteiger charge is -2.03. The number of aliphatic hydroxyl groups is 1. The van der Waals surface area contributed by atoms with Crippen molar-refractivity contribution in [1.82, 2.24) is 0 Å². The summed E-state index contributed by atoms with van der Waals surface area (Å²) < 4.78 is 0. The average Bonchev–Trinajstić information content (AvgIpc) is 2.48. The predicted octanol–water partition coefficient (Wildman–Crippen LogP) is 3.22. The van der Waals surface area contributed by atoms with Gasteiger partial charge >= 0.3 is 11.9 Å². The second-order valence-electron chi connectivity index (χ2n) is 5.43. The standard InChI is InChI=1S/C16H30O6/c17-13-14-21-22-16(20)12-10-8-6-4-2-1-3-5-7-9-11-15(18)19/h17H,1-14H2,(H,18,19). The molecule has 130 valence electrons. The molecule has 0 aliphatic carbocycles. The van der Waals surface area contributed by atoms with Crippen molar-refractivity contribution in [3.8, 4) is 0 Å². The summed E-state index contributed by atoms with van der Waals surface area (Å²) in [5, 5.41) is 16.9. The van der Waals surface area contributed by atoms with E-state index >= 15 is 0 Å². The third kappa shape index (κ3) is 16.9. The van der Waals surface area contributed by atoms with Crippen molar-refractivity contribution in [2.24, 2.45) is 0 Å². The van der Waals surface area contributed by atoms with Gasteiger partial charge in [-0.3, -0.25) is 9.68 Å². The Labute approximate surface area is 132 Å². The lowest BCUT2D eigenvalue weighted by molar-refractivity contribution is -0.275. The maximum Gasteiger partial charge on any atom is 0.342 e. The maximum absolute atomic E-state index is 11.2. The molecule has 0 aliphatic heterocycles. The highest BCUT2D eigenvalue weighted by Crippen LogP contribution is 2.12. The number of carbonyl (C=O) groups excluding carboxylic acids is 1. The molecule has 0 fully saturated rings. The van der Waals surface area contributed by atoms with Crippen LogP contribution < -0.4 is 0 Å². The molecule has 0 aliphatic rings. The molecule has 0 unspecified atom stereocenters. The Kier molecular flexibility index (Phi) is 15.4. The Morgan fingerprint density at radius 3 is 1.64 bits per heavy atom. The molecule has 0 atom stereocenters. The summed E-state index contributed by atoms with van der Waals surface area (Å²) in [4.78, 5) is 30.4. The van der Waals surface area contributed by atoms with Gasteiger partial charge in [0.25, 0.3) is 0 Å². The van der Waals surface area contributed by atoms with Gasteiger partial charge in [0.05, 0.1) is 6.61 Å². The highest BCUT2D eigenvalue weighted by atomic mass is 17.2. The van der Waals surface area contributed by atoms with E-state index < -0.39 is 5.97 Å². The molecule has 0 rings (SSSR count). The summed E-state index contributed by atoms with van der Waals surface area (Å²) in [5.41, 5.74) is 0. The summed E-state index contributed by atoms with van der Waals surface area (Å²) in [5.74, 6) is -1.08. The maximum atomic E-state index is 11.2. The Hall–Kier alpha value is -1.14. The molecule has 0 aromatic rings. The number of rotatable bonds is 16. The molecule has 0 radical (unpaired) electrons. The molecule has 6 nitrogen and oxygen atoms in total. The third-order valence-electron chi connectivity index (χ3n) is 3.35. The van der Waals surface area contributed by atoms with Gasteiger partial charge in [0.1, 0.15) is 6.61 Å². The van der Waals surface area contributed by atoms with Crippen molar-refractivity contribution in [2.45, 2.75) is 77.0 Å². The van der Waals surface area contributed by atoms with E-state index in [0.717, 1.165) is 38.5 Å². The Morgan fingerprint density at radius 1 is 0.727 bits per heavy atom.